The molecule has 6 aliphatic rings. The van der Waals surface area contributed by atoms with E-state index < -0.39 is 5.79 Å². The second-order valence-corrected chi connectivity index (χ2v) is 11.2. The Bertz CT molecular complexity index is 789. The van der Waals surface area contributed by atoms with Gasteiger partial charge in [-0.15, -0.1) is 0 Å². The van der Waals surface area contributed by atoms with Crippen LogP contribution in [0.3, 0.4) is 0 Å². The molecule has 164 valence electrons. The molecule has 6 atom stereocenters. The first-order chi connectivity index (χ1) is 14.5. The molecule has 0 bridgehead atoms. The summed E-state index contributed by atoms with van der Waals surface area (Å²) in [6.07, 6.45) is 10.6. The van der Waals surface area contributed by atoms with Gasteiger partial charge in [-0.2, -0.15) is 5.26 Å². The van der Waals surface area contributed by atoms with Crippen molar-refractivity contribution in [2.45, 2.75) is 76.8 Å². The average molecular weight is 414 g/mol. The molecule has 6 rings (SSSR count). The minimum atomic E-state index is -0.405. The molecular formula is C25H35NO4. The van der Waals surface area contributed by atoms with Crippen LogP contribution in [-0.2, 0) is 18.9 Å². The maximum absolute atomic E-state index is 9.62. The van der Waals surface area contributed by atoms with Gasteiger partial charge in [0, 0.05) is 30.8 Å². The maximum Gasteiger partial charge on any atom is 0.174 e. The summed E-state index contributed by atoms with van der Waals surface area (Å²) in [5.41, 5.74) is 1.66. The molecule has 4 saturated carbocycles. The normalized spacial score (nSPS) is 49.7. The number of nitrogens with zero attached hydrogens (tertiary/aromatic N) is 1. The van der Waals surface area contributed by atoms with Gasteiger partial charge < -0.3 is 18.9 Å². The molecule has 30 heavy (non-hydrogen) atoms. The summed E-state index contributed by atoms with van der Waals surface area (Å²) in [5.74, 6) is 1.57. The van der Waals surface area contributed by atoms with E-state index in [0.717, 1.165) is 45.3 Å². The van der Waals surface area contributed by atoms with Gasteiger partial charge in [-0.1, -0.05) is 19.4 Å². The van der Waals surface area contributed by atoms with Crippen molar-refractivity contribution in [2.75, 3.05) is 26.4 Å². The van der Waals surface area contributed by atoms with Crippen molar-refractivity contribution >= 4 is 0 Å². The van der Waals surface area contributed by atoms with Crippen molar-refractivity contribution in [3.05, 3.63) is 11.6 Å². The Labute approximate surface area is 180 Å². The molecule has 0 amide bonds. The summed E-state index contributed by atoms with van der Waals surface area (Å²) in [4.78, 5) is 0. The SMILES string of the molecule is C[C@]12CCC3(CC1C(=CC#N)CC1C2CC[C@@]2(C)C1CCC21OCCO1)OCCO3. The van der Waals surface area contributed by atoms with Crippen LogP contribution in [0.5, 0.6) is 0 Å². The van der Waals surface area contributed by atoms with E-state index >= 15 is 0 Å². The highest BCUT2D eigenvalue weighted by Gasteiger charge is 2.68. The standard InChI is InChI=1S/C25H35NO4/c1-22-8-9-24(27-11-12-28-24)16-21(22)17(5-10-26)15-18-19(22)3-6-23(2)20(18)4-7-25(23)29-13-14-30-25/h5,18-21H,3-4,6-9,11-16H2,1-2H3/t18?,19?,20?,21?,22-,23+/m1/s1. The second kappa shape index (κ2) is 6.54. The Morgan fingerprint density at radius 3 is 2.33 bits per heavy atom. The van der Waals surface area contributed by atoms with E-state index in [0.29, 0.717) is 36.9 Å². The van der Waals surface area contributed by atoms with Crippen LogP contribution >= 0.6 is 0 Å². The van der Waals surface area contributed by atoms with Crippen LogP contribution in [0.1, 0.15) is 65.2 Å². The van der Waals surface area contributed by atoms with Crippen LogP contribution in [0.25, 0.3) is 0 Å². The molecule has 0 N–H and O–H groups in total. The fourth-order valence-electron chi connectivity index (χ4n) is 8.97. The van der Waals surface area contributed by atoms with E-state index in [1.54, 1.807) is 0 Å². The predicted octanol–water partition coefficient (Wildman–Crippen LogP) is 4.58. The Morgan fingerprint density at radius 2 is 1.60 bits per heavy atom. The van der Waals surface area contributed by atoms with Gasteiger partial charge >= 0.3 is 0 Å². The molecule has 5 nitrogen and oxygen atoms in total. The first-order valence-corrected chi connectivity index (χ1v) is 12.1. The third kappa shape index (κ3) is 2.43. The molecule has 0 aromatic rings. The molecule has 2 saturated heterocycles. The molecule has 4 unspecified atom stereocenters. The van der Waals surface area contributed by atoms with Crippen molar-refractivity contribution in [3.63, 3.8) is 0 Å². The first-order valence-electron chi connectivity index (χ1n) is 12.1. The summed E-state index contributed by atoms with van der Waals surface area (Å²) in [5, 5.41) is 9.62. The van der Waals surface area contributed by atoms with E-state index in [9.17, 15) is 5.26 Å². The summed E-state index contributed by atoms with van der Waals surface area (Å²) in [6, 6.07) is 2.39. The molecule has 4 aliphatic carbocycles. The number of rotatable bonds is 0. The number of hydrogen-bond acceptors (Lipinski definition) is 5. The van der Waals surface area contributed by atoms with Gasteiger partial charge in [-0.3, -0.25) is 0 Å². The summed E-state index contributed by atoms with van der Waals surface area (Å²) in [7, 11) is 0. The molecule has 0 aromatic heterocycles. The van der Waals surface area contributed by atoms with Crippen molar-refractivity contribution < 1.29 is 18.9 Å². The molecular weight excluding hydrogens is 378 g/mol. The van der Waals surface area contributed by atoms with Crippen LogP contribution < -0.4 is 0 Å². The molecule has 6 fully saturated rings. The van der Waals surface area contributed by atoms with Gasteiger partial charge in [-0.05, 0) is 61.2 Å². The predicted molar refractivity (Wildman–Crippen MR) is 110 cm³/mol. The third-order valence-corrected chi connectivity index (χ3v) is 10.4. The fourth-order valence-corrected chi connectivity index (χ4v) is 8.97. The Hall–Kier alpha value is -0.930. The zero-order valence-corrected chi connectivity index (χ0v) is 18.5. The van der Waals surface area contributed by atoms with Crippen LogP contribution in [0.2, 0.25) is 0 Å². The highest BCUT2D eigenvalue weighted by molar-refractivity contribution is 5.27. The van der Waals surface area contributed by atoms with Crippen molar-refractivity contribution in [2.24, 2.45) is 34.5 Å². The van der Waals surface area contributed by atoms with Gasteiger partial charge in [0.05, 0.1) is 32.5 Å². The molecule has 2 heterocycles. The highest BCUT2D eigenvalue weighted by atomic mass is 16.7. The van der Waals surface area contributed by atoms with E-state index in [1.165, 1.54) is 24.8 Å². The van der Waals surface area contributed by atoms with Crippen molar-refractivity contribution in [3.8, 4) is 6.07 Å². The van der Waals surface area contributed by atoms with Crippen LogP contribution in [0.15, 0.2) is 11.6 Å². The Kier molecular flexibility index (Phi) is 4.30. The number of nitriles is 1. The average Bonchev–Trinajstić information content (AvgIpc) is 3.45. The van der Waals surface area contributed by atoms with E-state index in [2.05, 4.69) is 19.9 Å². The lowest BCUT2D eigenvalue weighted by atomic mass is 9.43. The summed E-state index contributed by atoms with van der Waals surface area (Å²) < 4.78 is 24.8. The smallest absolute Gasteiger partial charge is 0.174 e. The molecule has 2 spiro atoms. The second-order valence-electron chi connectivity index (χ2n) is 11.2. The summed E-state index contributed by atoms with van der Waals surface area (Å²) >= 11 is 0. The molecule has 0 aromatic carbocycles. The Balaban J connectivity index is 1.36. The lowest BCUT2D eigenvalue weighted by Gasteiger charge is -2.62. The van der Waals surface area contributed by atoms with E-state index in [4.69, 9.17) is 18.9 Å². The number of ether oxygens (including phenoxy) is 4. The largest absolute Gasteiger partial charge is 0.348 e. The quantitative estimate of drug-likeness (QED) is 0.544. The van der Waals surface area contributed by atoms with Gasteiger partial charge in [-0.25, -0.2) is 0 Å². The first kappa shape index (κ1) is 19.7. The lowest BCUT2D eigenvalue weighted by molar-refractivity contribution is -0.252. The minimum Gasteiger partial charge on any atom is -0.348 e. The monoisotopic (exact) mass is 413 g/mol. The van der Waals surface area contributed by atoms with Gasteiger partial charge in [0.2, 0.25) is 0 Å². The molecule has 2 aliphatic heterocycles. The van der Waals surface area contributed by atoms with Crippen LogP contribution in [0.4, 0.5) is 0 Å². The highest BCUT2D eigenvalue weighted by Crippen LogP contribution is 2.71. The van der Waals surface area contributed by atoms with Gasteiger partial charge in [0.15, 0.2) is 11.6 Å². The molecule has 0 radical (unpaired) electrons. The van der Waals surface area contributed by atoms with E-state index in [-0.39, 0.29) is 16.6 Å². The molecule has 5 heteroatoms. The third-order valence-electron chi connectivity index (χ3n) is 10.4. The van der Waals surface area contributed by atoms with Crippen LogP contribution in [-0.4, -0.2) is 38.0 Å². The lowest BCUT2D eigenvalue weighted by Crippen LogP contribution is -2.59. The minimum absolute atomic E-state index is 0.0964. The van der Waals surface area contributed by atoms with Crippen molar-refractivity contribution in [1.29, 1.82) is 5.26 Å². The topological polar surface area (TPSA) is 60.7 Å². The van der Waals surface area contributed by atoms with Gasteiger partial charge in [0.1, 0.15) is 0 Å². The van der Waals surface area contributed by atoms with Crippen molar-refractivity contribution in [1.82, 2.24) is 0 Å². The fraction of sp³-hybridized carbons (Fsp3) is 0.880. The summed E-state index contributed by atoms with van der Waals surface area (Å²) in [6.45, 7) is 7.82. The zero-order valence-electron chi connectivity index (χ0n) is 18.5. The maximum atomic E-state index is 9.62. The zero-order chi connectivity index (χ0) is 20.6. The van der Waals surface area contributed by atoms with Crippen LogP contribution in [0, 0.1) is 45.8 Å². The van der Waals surface area contributed by atoms with Gasteiger partial charge in [0.25, 0.3) is 0 Å². The number of allylic oxidation sites excluding steroid dienone is 2. The number of fused-ring (bicyclic) bond motifs is 6. The Morgan fingerprint density at radius 1 is 0.900 bits per heavy atom. The number of hydrogen-bond donors (Lipinski definition) is 0. The van der Waals surface area contributed by atoms with E-state index in [1.807, 2.05) is 6.08 Å².